The zero-order valence-electron chi connectivity index (χ0n) is 40.3. The minimum Gasteiger partial charge on any atom is -0.308 e. The minimum atomic E-state index is 0.363. The van der Waals surface area contributed by atoms with Crippen LogP contribution in [0.2, 0.25) is 0 Å². The topological polar surface area (TPSA) is 81.2 Å². The highest BCUT2D eigenvalue weighted by Gasteiger charge is 2.26. The van der Waals surface area contributed by atoms with E-state index < -0.39 is 0 Å². The van der Waals surface area contributed by atoms with Crippen LogP contribution in [0.25, 0.3) is 111 Å². The van der Waals surface area contributed by atoms with Crippen LogP contribution in [0.5, 0.6) is 0 Å². The fourth-order valence-electron chi connectivity index (χ4n) is 11.0. The molecule has 338 valence electrons. The van der Waals surface area contributed by atoms with Crippen LogP contribution in [-0.4, -0.2) is 9.13 Å². The number of nitrogens with zero attached hydrogens (tertiary/aromatic N) is 5. The number of hydrogen-bond acceptors (Lipinski definition) is 3. The molecular weight excluding hydrogens is 875 g/mol. The Balaban J connectivity index is 1.28. The van der Waals surface area contributed by atoms with Gasteiger partial charge in [0, 0.05) is 27.1 Å². The fourth-order valence-corrected chi connectivity index (χ4v) is 11.0. The molecule has 0 spiro atoms. The lowest BCUT2D eigenvalue weighted by Gasteiger charge is -2.22. The Kier molecular flexibility index (Phi) is 10.5. The van der Waals surface area contributed by atoms with E-state index in [-0.39, 0.29) is 0 Å². The predicted octanol–water partition coefficient (Wildman–Crippen LogP) is 17.1. The molecule has 72 heavy (non-hydrogen) atoms. The first-order valence-electron chi connectivity index (χ1n) is 24.2. The summed E-state index contributed by atoms with van der Waals surface area (Å²) in [5.74, 6) is 0. The molecule has 0 aliphatic rings. The van der Waals surface area contributed by atoms with E-state index in [1.54, 1.807) is 6.07 Å². The van der Waals surface area contributed by atoms with Crippen molar-refractivity contribution in [3.8, 4) is 85.2 Å². The Morgan fingerprint density at radius 3 is 0.847 bits per heavy atom. The summed E-state index contributed by atoms with van der Waals surface area (Å²) in [6.45, 7) is 8.56. The van der Waals surface area contributed by atoms with Gasteiger partial charge in [-0.05, 0) is 155 Å². The van der Waals surface area contributed by atoms with Gasteiger partial charge in [-0.15, -0.1) is 0 Å². The van der Waals surface area contributed by atoms with Gasteiger partial charge in [0.2, 0.25) is 0 Å². The molecule has 0 fully saturated rings. The summed E-state index contributed by atoms with van der Waals surface area (Å²) in [5.41, 5.74) is 21.4. The van der Waals surface area contributed by atoms with Crippen molar-refractivity contribution in [2.24, 2.45) is 0 Å². The summed E-state index contributed by atoms with van der Waals surface area (Å²) in [6.07, 6.45) is 0. The Hall–Kier alpha value is -9.73. The van der Waals surface area contributed by atoms with Crippen molar-refractivity contribution in [2.45, 2.75) is 27.7 Å². The zero-order chi connectivity index (χ0) is 49.2. The lowest BCUT2D eigenvalue weighted by molar-refractivity contribution is 1.13. The van der Waals surface area contributed by atoms with Crippen molar-refractivity contribution < 1.29 is 0 Å². The van der Waals surface area contributed by atoms with E-state index in [0.29, 0.717) is 22.3 Å². The largest absolute Gasteiger partial charge is 0.308 e. The molecule has 0 aliphatic heterocycles. The van der Waals surface area contributed by atoms with Crippen molar-refractivity contribution in [3.63, 3.8) is 0 Å². The standard InChI is InChI=1S/C67H45N5/c1-41-13-5-9-17-53(41)48-21-25-57-58-26-22-49(54-18-10-6-14-42(54)2)35-62(58)71(61(57)34-48)65-32-47(40-70)33-66(67(65)52-30-45(38-68)29-46(31-52)39-69)72-63-36-50(55-19-11-7-15-43(55)3)23-27-59(63)60-28-24-51(37-64(60)72)56-20-12-8-16-44(56)4/h5-37H,1-4H3. The third kappa shape index (κ3) is 7.13. The number of nitriles is 3. The molecule has 0 aliphatic carbocycles. The van der Waals surface area contributed by atoms with Crippen molar-refractivity contribution in [1.29, 1.82) is 15.8 Å². The van der Waals surface area contributed by atoms with Crippen LogP contribution >= 0.6 is 0 Å². The van der Waals surface area contributed by atoms with E-state index in [2.05, 4.69) is 225 Å². The van der Waals surface area contributed by atoms with E-state index in [1.165, 1.54) is 0 Å². The molecule has 0 saturated heterocycles. The molecule has 0 radical (unpaired) electrons. The molecule has 5 heteroatoms. The summed E-state index contributed by atoms with van der Waals surface area (Å²) >= 11 is 0. The minimum absolute atomic E-state index is 0.363. The smallest absolute Gasteiger partial charge is 0.0993 e. The summed E-state index contributed by atoms with van der Waals surface area (Å²) < 4.78 is 4.62. The first kappa shape index (κ1) is 43.5. The Morgan fingerprint density at radius 2 is 0.569 bits per heavy atom. The van der Waals surface area contributed by atoms with Gasteiger partial charge in [0.15, 0.2) is 0 Å². The van der Waals surface area contributed by atoms with Crippen LogP contribution in [0.15, 0.2) is 200 Å². The van der Waals surface area contributed by atoms with Crippen LogP contribution in [0, 0.1) is 61.7 Å². The maximum atomic E-state index is 11.3. The third-order valence-electron chi connectivity index (χ3n) is 14.5. The highest BCUT2D eigenvalue weighted by atomic mass is 15.0. The van der Waals surface area contributed by atoms with E-state index in [9.17, 15) is 15.8 Å². The number of aryl methyl sites for hydroxylation is 4. The average molecular weight is 920 g/mol. The van der Waals surface area contributed by atoms with Gasteiger partial charge in [0.05, 0.1) is 68.3 Å². The monoisotopic (exact) mass is 919 g/mol. The zero-order valence-corrected chi connectivity index (χ0v) is 40.3. The van der Waals surface area contributed by atoms with Crippen molar-refractivity contribution in [3.05, 3.63) is 239 Å². The van der Waals surface area contributed by atoms with Crippen LogP contribution in [-0.2, 0) is 0 Å². The fraction of sp³-hybridized carbons (Fsp3) is 0.0597. The van der Waals surface area contributed by atoms with Gasteiger partial charge in [-0.1, -0.05) is 146 Å². The highest BCUT2D eigenvalue weighted by molar-refractivity contribution is 6.14. The van der Waals surface area contributed by atoms with Gasteiger partial charge in [0.25, 0.3) is 0 Å². The molecule has 0 unspecified atom stereocenters. The molecule has 0 N–H and O–H groups in total. The molecule has 2 aromatic heterocycles. The molecule has 12 rings (SSSR count). The Bertz CT molecular complexity index is 3900. The van der Waals surface area contributed by atoms with E-state index in [1.807, 2.05) is 24.3 Å². The molecule has 5 nitrogen and oxygen atoms in total. The maximum absolute atomic E-state index is 11.3. The Labute approximate surface area is 418 Å². The van der Waals surface area contributed by atoms with Crippen molar-refractivity contribution in [1.82, 2.24) is 9.13 Å². The molecule has 2 heterocycles. The van der Waals surface area contributed by atoms with Gasteiger partial charge in [-0.25, -0.2) is 0 Å². The number of rotatable bonds is 7. The third-order valence-corrected chi connectivity index (χ3v) is 14.5. The average Bonchev–Trinajstić information content (AvgIpc) is 3.91. The molecule has 10 aromatic carbocycles. The lowest BCUT2D eigenvalue weighted by Crippen LogP contribution is -2.06. The molecule has 0 amide bonds. The van der Waals surface area contributed by atoms with Gasteiger partial charge in [-0.2, -0.15) is 15.8 Å². The molecule has 0 saturated carbocycles. The van der Waals surface area contributed by atoms with Crippen LogP contribution in [0.3, 0.4) is 0 Å². The second kappa shape index (κ2) is 17.3. The first-order chi connectivity index (χ1) is 35.2. The van der Waals surface area contributed by atoms with Crippen LogP contribution in [0.1, 0.15) is 38.9 Å². The molecule has 0 bridgehead atoms. The SMILES string of the molecule is Cc1ccccc1-c1ccc2c3ccc(-c4ccccc4C)cc3n(-c3cc(C#N)cc(-n4c5cc(-c6ccccc6C)ccc5c5ccc(-c6ccccc6C)cc54)c3-c3cc(C#N)cc(C#N)c3)c2c1. The number of benzene rings is 10. The predicted molar refractivity (Wildman–Crippen MR) is 295 cm³/mol. The van der Waals surface area contributed by atoms with Crippen LogP contribution in [0.4, 0.5) is 0 Å². The van der Waals surface area contributed by atoms with Crippen molar-refractivity contribution in [2.75, 3.05) is 0 Å². The summed E-state index contributed by atoms with van der Waals surface area (Å²) in [5, 5.41) is 36.7. The second-order valence-electron chi connectivity index (χ2n) is 18.9. The number of fused-ring (bicyclic) bond motifs is 6. The normalized spacial score (nSPS) is 11.3. The summed E-state index contributed by atoms with van der Waals surface area (Å²) in [4.78, 5) is 0. The second-order valence-corrected chi connectivity index (χ2v) is 18.9. The maximum Gasteiger partial charge on any atom is 0.0993 e. The summed E-state index contributed by atoms with van der Waals surface area (Å²) in [6, 6.07) is 77.2. The number of hydrogen-bond donors (Lipinski definition) is 0. The van der Waals surface area contributed by atoms with Crippen LogP contribution < -0.4 is 0 Å². The van der Waals surface area contributed by atoms with Gasteiger partial charge >= 0.3 is 0 Å². The molecule has 12 aromatic rings. The van der Waals surface area contributed by atoms with E-state index in [0.717, 1.165) is 127 Å². The summed E-state index contributed by atoms with van der Waals surface area (Å²) in [7, 11) is 0. The van der Waals surface area contributed by atoms with E-state index in [4.69, 9.17) is 0 Å². The number of aromatic nitrogens is 2. The quantitative estimate of drug-likeness (QED) is 0.160. The van der Waals surface area contributed by atoms with Gasteiger partial charge in [-0.3, -0.25) is 0 Å². The first-order valence-corrected chi connectivity index (χ1v) is 24.2. The van der Waals surface area contributed by atoms with Crippen molar-refractivity contribution >= 4 is 43.6 Å². The highest BCUT2D eigenvalue weighted by Crippen LogP contribution is 2.46. The Morgan fingerprint density at radius 1 is 0.292 bits per heavy atom. The van der Waals surface area contributed by atoms with Gasteiger partial charge in [0.1, 0.15) is 0 Å². The van der Waals surface area contributed by atoms with Gasteiger partial charge < -0.3 is 9.13 Å². The lowest BCUT2D eigenvalue weighted by atomic mass is 9.94. The molecule has 0 atom stereocenters. The molecular formula is C67H45N5. The van der Waals surface area contributed by atoms with E-state index >= 15 is 0 Å².